The molecule has 0 saturated carbocycles. The van der Waals surface area contributed by atoms with Crippen molar-refractivity contribution in [3.05, 3.63) is 15.4 Å². The summed E-state index contributed by atoms with van der Waals surface area (Å²) in [6.45, 7) is 12.1. The van der Waals surface area contributed by atoms with Crippen LogP contribution in [0, 0.1) is 0 Å². The first-order chi connectivity index (χ1) is 7.29. The Hall–Kier alpha value is -1.03. The fourth-order valence-electron chi connectivity index (χ4n) is 1.08. The van der Waals surface area contributed by atoms with E-state index in [4.69, 9.17) is 0 Å². The SMILES string of the molecule is CC.CC.CC1=c2ncsc2=C(C)NN1. The molecule has 1 aliphatic heterocycles. The first-order valence-corrected chi connectivity index (χ1v) is 6.30. The molecule has 0 fully saturated rings. The van der Waals surface area contributed by atoms with Crippen LogP contribution in [0.5, 0.6) is 0 Å². The van der Waals surface area contributed by atoms with Crippen LogP contribution in [0.1, 0.15) is 41.5 Å². The standard InChI is InChI=1S/C7H9N3S.2C2H6/c1-4-6-7(11-3-8-6)5(2)10-9-4;2*1-2/h3,9-10H,1-2H3;2*1-2H3. The highest BCUT2D eigenvalue weighted by atomic mass is 32.1. The van der Waals surface area contributed by atoms with E-state index in [9.17, 15) is 0 Å². The van der Waals surface area contributed by atoms with E-state index in [0.29, 0.717) is 0 Å². The van der Waals surface area contributed by atoms with Crippen molar-refractivity contribution in [1.29, 1.82) is 0 Å². The molecule has 0 aromatic carbocycles. The molecule has 4 heteroatoms. The lowest BCUT2D eigenvalue weighted by atomic mass is 10.3. The van der Waals surface area contributed by atoms with Gasteiger partial charge in [-0.2, -0.15) is 0 Å². The Morgan fingerprint density at radius 1 is 1.00 bits per heavy atom. The number of nitrogens with zero attached hydrogens (tertiary/aromatic N) is 1. The van der Waals surface area contributed by atoms with E-state index in [2.05, 4.69) is 15.8 Å². The van der Waals surface area contributed by atoms with E-state index >= 15 is 0 Å². The quantitative estimate of drug-likeness (QED) is 0.706. The van der Waals surface area contributed by atoms with Crippen molar-refractivity contribution >= 4 is 22.7 Å². The molecule has 2 heterocycles. The van der Waals surface area contributed by atoms with E-state index < -0.39 is 0 Å². The molecule has 2 rings (SSSR count). The van der Waals surface area contributed by atoms with Crippen LogP contribution in [0.25, 0.3) is 11.4 Å². The Bertz CT molecular complexity index is 356. The van der Waals surface area contributed by atoms with Gasteiger partial charge in [-0.1, -0.05) is 27.7 Å². The van der Waals surface area contributed by atoms with Crippen molar-refractivity contribution in [1.82, 2.24) is 15.8 Å². The largest absolute Gasteiger partial charge is 0.304 e. The van der Waals surface area contributed by atoms with Gasteiger partial charge in [0.25, 0.3) is 0 Å². The van der Waals surface area contributed by atoms with E-state index in [-0.39, 0.29) is 0 Å². The second kappa shape index (κ2) is 7.29. The van der Waals surface area contributed by atoms with Gasteiger partial charge in [0.05, 0.1) is 15.7 Å². The van der Waals surface area contributed by atoms with Gasteiger partial charge >= 0.3 is 0 Å². The molecule has 0 unspecified atom stereocenters. The predicted octanol–water partition coefficient (Wildman–Crippen LogP) is 1.56. The minimum Gasteiger partial charge on any atom is -0.304 e. The minimum absolute atomic E-state index is 1.08. The smallest absolute Gasteiger partial charge is 0.103 e. The number of hydrogen-bond donors (Lipinski definition) is 2. The summed E-state index contributed by atoms with van der Waals surface area (Å²) in [4.78, 5) is 4.25. The molecule has 3 nitrogen and oxygen atoms in total. The normalized spacial score (nSPS) is 12.1. The van der Waals surface area contributed by atoms with Gasteiger partial charge < -0.3 is 10.9 Å². The Morgan fingerprint density at radius 3 is 2.07 bits per heavy atom. The molecule has 15 heavy (non-hydrogen) atoms. The molecule has 0 bridgehead atoms. The summed E-state index contributed by atoms with van der Waals surface area (Å²) in [6, 6.07) is 0. The van der Waals surface area contributed by atoms with Gasteiger partial charge in [-0.05, 0) is 13.8 Å². The number of fused-ring (bicyclic) bond motifs is 1. The maximum Gasteiger partial charge on any atom is 0.103 e. The molecule has 0 amide bonds. The van der Waals surface area contributed by atoms with Crippen LogP contribution in [0.15, 0.2) is 5.51 Å². The van der Waals surface area contributed by atoms with Crippen molar-refractivity contribution in [2.75, 3.05) is 0 Å². The lowest BCUT2D eigenvalue weighted by Gasteiger charge is -2.12. The van der Waals surface area contributed by atoms with Gasteiger partial charge in [0.2, 0.25) is 0 Å². The average molecular weight is 227 g/mol. The van der Waals surface area contributed by atoms with Crippen LogP contribution < -0.4 is 20.7 Å². The summed E-state index contributed by atoms with van der Waals surface area (Å²) in [7, 11) is 0. The van der Waals surface area contributed by atoms with Crippen LogP contribution in [-0.2, 0) is 0 Å². The minimum atomic E-state index is 1.08. The second-order valence-corrected chi connectivity index (χ2v) is 3.38. The first-order valence-electron chi connectivity index (χ1n) is 5.42. The molecule has 1 aromatic heterocycles. The fourth-order valence-corrected chi connectivity index (χ4v) is 1.89. The molecule has 0 radical (unpaired) electrons. The summed E-state index contributed by atoms with van der Waals surface area (Å²) in [5.41, 5.74) is 10.2. The van der Waals surface area contributed by atoms with Crippen molar-refractivity contribution in [2.24, 2.45) is 0 Å². The Labute approximate surface area is 95.9 Å². The average Bonchev–Trinajstić information content (AvgIpc) is 2.79. The molecular formula is C11H21N3S. The number of aromatic nitrogens is 1. The molecule has 2 N–H and O–H groups in total. The van der Waals surface area contributed by atoms with Gasteiger partial charge in [-0.15, -0.1) is 11.3 Å². The lowest BCUT2D eigenvalue weighted by Crippen LogP contribution is -2.44. The molecule has 1 aliphatic rings. The number of thiazole rings is 1. The molecule has 86 valence electrons. The summed E-state index contributed by atoms with van der Waals surface area (Å²) in [6.07, 6.45) is 0. The van der Waals surface area contributed by atoms with Crippen LogP contribution in [0.2, 0.25) is 0 Å². The molecule has 0 atom stereocenters. The first kappa shape index (κ1) is 14.0. The zero-order chi connectivity index (χ0) is 11.8. The Kier molecular flexibility index (Phi) is 6.79. The zero-order valence-corrected chi connectivity index (χ0v) is 11.2. The highest BCUT2D eigenvalue weighted by Gasteiger charge is 2.03. The molecule has 1 aromatic rings. The third-order valence-electron chi connectivity index (χ3n) is 1.70. The Morgan fingerprint density at radius 2 is 1.53 bits per heavy atom. The Balaban J connectivity index is 0.000000442. The monoisotopic (exact) mass is 227 g/mol. The molecule has 0 spiro atoms. The number of hydrazine groups is 1. The lowest BCUT2D eigenvalue weighted by molar-refractivity contribution is 0.779. The topological polar surface area (TPSA) is 37.0 Å². The van der Waals surface area contributed by atoms with Crippen LogP contribution >= 0.6 is 11.3 Å². The maximum atomic E-state index is 4.25. The van der Waals surface area contributed by atoms with Crippen molar-refractivity contribution in [3.63, 3.8) is 0 Å². The van der Waals surface area contributed by atoms with E-state index in [1.54, 1.807) is 11.3 Å². The fraction of sp³-hybridized carbons (Fsp3) is 0.545. The van der Waals surface area contributed by atoms with E-state index in [1.165, 1.54) is 4.53 Å². The summed E-state index contributed by atoms with van der Waals surface area (Å²) in [5, 5.41) is 1.08. The van der Waals surface area contributed by atoms with Gasteiger partial charge in [-0.25, -0.2) is 4.98 Å². The summed E-state index contributed by atoms with van der Waals surface area (Å²) < 4.78 is 1.24. The van der Waals surface area contributed by atoms with E-state index in [0.717, 1.165) is 16.7 Å². The molecule has 0 aliphatic carbocycles. The maximum absolute atomic E-state index is 4.25. The van der Waals surface area contributed by atoms with Crippen LogP contribution in [0.3, 0.4) is 0 Å². The molecule has 0 saturated heterocycles. The van der Waals surface area contributed by atoms with Crippen LogP contribution in [-0.4, -0.2) is 4.98 Å². The number of rotatable bonds is 0. The summed E-state index contributed by atoms with van der Waals surface area (Å²) >= 11 is 1.67. The van der Waals surface area contributed by atoms with Crippen molar-refractivity contribution in [2.45, 2.75) is 41.5 Å². The predicted molar refractivity (Wildman–Crippen MR) is 68.5 cm³/mol. The van der Waals surface area contributed by atoms with Crippen molar-refractivity contribution < 1.29 is 0 Å². The van der Waals surface area contributed by atoms with Gasteiger partial charge in [0.15, 0.2) is 0 Å². The van der Waals surface area contributed by atoms with E-state index in [1.807, 2.05) is 47.1 Å². The number of nitrogens with one attached hydrogen (secondary N) is 2. The third-order valence-corrected chi connectivity index (χ3v) is 2.65. The van der Waals surface area contributed by atoms with Gasteiger partial charge in [-0.3, -0.25) is 0 Å². The second-order valence-electron chi connectivity index (χ2n) is 2.53. The third kappa shape index (κ3) is 3.23. The van der Waals surface area contributed by atoms with Crippen LogP contribution in [0.4, 0.5) is 0 Å². The highest BCUT2D eigenvalue weighted by molar-refractivity contribution is 7.07. The van der Waals surface area contributed by atoms with Gasteiger partial charge in [0, 0.05) is 5.70 Å². The van der Waals surface area contributed by atoms with Crippen molar-refractivity contribution in [3.8, 4) is 0 Å². The van der Waals surface area contributed by atoms with Gasteiger partial charge in [0.1, 0.15) is 5.35 Å². The number of hydrogen-bond acceptors (Lipinski definition) is 4. The zero-order valence-electron chi connectivity index (χ0n) is 10.4. The molecular weight excluding hydrogens is 206 g/mol. The highest BCUT2D eigenvalue weighted by Crippen LogP contribution is 1.91. The summed E-state index contributed by atoms with van der Waals surface area (Å²) in [5.74, 6) is 0.